The Bertz CT molecular complexity index is 1020. The van der Waals surface area contributed by atoms with Crippen LogP contribution in [0.25, 0.3) is 22.0 Å². The summed E-state index contributed by atoms with van der Waals surface area (Å²) >= 11 is 0. The van der Waals surface area contributed by atoms with E-state index in [1.54, 1.807) is 17.8 Å². The molecule has 1 aliphatic carbocycles. The van der Waals surface area contributed by atoms with E-state index in [0.29, 0.717) is 17.7 Å². The van der Waals surface area contributed by atoms with Crippen LogP contribution in [0.15, 0.2) is 54.5 Å². The van der Waals surface area contributed by atoms with Crippen molar-refractivity contribution in [3.05, 3.63) is 65.7 Å². The van der Waals surface area contributed by atoms with Gasteiger partial charge in [0.1, 0.15) is 0 Å². The number of ether oxygens (including phenoxy) is 1. The third-order valence-electron chi connectivity index (χ3n) is 4.70. The molecule has 0 spiro atoms. The van der Waals surface area contributed by atoms with Crippen LogP contribution >= 0.6 is 0 Å². The maximum Gasteiger partial charge on any atom is 0.367 e. The van der Waals surface area contributed by atoms with Gasteiger partial charge in [-0.3, -0.25) is 0 Å². The van der Waals surface area contributed by atoms with Gasteiger partial charge < -0.3 is 4.74 Å². The Labute approximate surface area is 150 Å². The van der Waals surface area contributed by atoms with Gasteiger partial charge in [-0.05, 0) is 54.7 Å². The molecular formula is C21H19FN2O2. The highest BCUT2D eigenvalue weighted by atomic mass is 19.1. The van der Waals surface area contributed by atoms with Crippen LogP contribution in [0.2, 0.25) is 0 Å². The van der Waals surface area contributed by atoms with E-state index in [1.165, 1.54) is 0 Å². The van der Waals surface area contributed by atoms with Gasteiger partial charge in [0.15, 0.2) is 0 Å². The Balaban J connectivity index is 1.86. The minimum absolute atomic E-state index is 0.149. The molecular weight excluding hydrogens is 331 g/mol. The molecule has 0 amide bonds. The van der Waals surface area contributed by atoms with E-state index >= 15 is 0 Å². The molecule has 0 N–H and O–H groups in total. The fourth-order valence-electron chi connectivity index (χ4n) is 3.50. The first kappa shape index (κ1) is 16.5. The zero-order valence-electron chi connectivity index (χ0n) is 14.5. The number of rotatable bonds is 3. The predicted molar refractivity (Wildman–Crippen MR) is 98.7 cm³/mol. The minimum atomic E-state index is -0.901. The fraction of sp³-hybridized carbons (Fsp3) is 0.238. The summed E-state index contributed by atoms with van der Waals surface area (Å²) in [6.45, 7) is 1.82. The van der Waals surface area contributed by atoms with Crippen molar-refractivity contribution in [3.63, 3.8) is 0 Å². The van der Waals surface area contributed by atoms with Gasteiger partial charge in [-0.2, -0.15) is 9.49 Å². The summed E-state index contributed by atoms with van der Waals surface area (Å²) in [5.41, 5.74) is 2.87. The lowest BCUT2D eigenvalue weighted by Crippen LogP contribution is -2.13. The molecule has 0 bridgehead atoms. The monoisotopic (exact) mass is 350 g/mol. The van der Waals surface area contributed by atoms with Gasteiger partial charge in [0, 0.05) is 5.57 Å². The van der Waals surface area contributed by atoms with Crippen LogP contribution in [0.3, 0.4) is 0 Å². The second kappa shape index (κ2) is 6.75. The van der Waals surface area contributed by atoms with Crippen LogP contribution in [0.1, 0.15) is 31.0 Å². The summed E-state index contributed by atoms with van der Waals surface area (Å²) in [5, 5.41) is 6.69. The number of halogens is 1. The van der Waals surface area contributed by atoms with Crippen molar-refractivity contribution >= 4 is 22.3 Å². The SMILES string of the molecule is CCOC(=O)/C(F)=C1\CCCc2cnn(-c3ccc4ccccc4c3)c21. The zero-order chi connectivity index (χ0) is 18.1. The number of fused-ring (bicyclic) bond motifs is 2. The van der Waals surface area contributed by atoms with Crippen molar-refractivity contribution < 1.29 is 13.9 Å². The summed E-state index contributed by atoms with van der Waals surface area (Å²) in [6, 6.07) is 14.1. The number of aromatic nitrogens is 2. The van der Waals surface area contributed by atoms with E-state index in [-0.39, 0.29) is 6.61 Å². The van der Waals surface area contributed by atoms with Gasteiger partial charge in [-0.1, -0.05) is 30.3 Å². The summed E-state index contributed by atoms with van der Waals surface area (Å²) < 4.78 is 21.3. The van der Waals surface area contributed by atoms with Gasteiger partial charge >= 0.3 is 5.97 Å². The Morgan fingerprint density at radius 3 is 2.81 bits per heavy atom. The van der Waals surface area contributed by atoms with Crippen molar-refractivity contribution in [2.75, 3.05) is 6.61 Å². The molecule has 2 aromatic carbocycles. The molecule has 3 aromatic rings. The van der Waals surface area contributed by atoms with Crippen molar-refractivity contribution in [2.24, 2.45) is 0 Å². The number of hydrogen-bond acceptors (Lipinski definition) is 3. The highest BCUT2D eigenvalue weighted by Gasteiger charge is 2.27. The van der Waals surface area contributed by atoms with Gasteiger partial charge in [0.25, 0.3) is 0 Å². The third-order valence-corrected chi connectivity index (χ3v) is 4.70. The van der Waals surface area contributed by atoms with Crippen LogP contribution in [-0.2, 0) is 16.0 Å². The fourth-order valence-corrected chi connectivity index (χ4v) is 3.50. The van der Waals surface area contributed by atoms with E-state index in [9.17, 15) is 9.18 Å². The van der Waals surface area contributed by atoms with Gasteiger partial charge in [-0.15, -0.1) is 0 Å². The lowest BCUT2D eigenvalue weighted by molar-refractivity contribution is -0.140. The number of allylic oxidation sites excluding steroid dienone is 1. The standard InChI is InChI=1S/C21H19FN2O2/c1-2-26-21(25)19(22)18-9-5-8-16-13-23-24(20(16)18)17-11-10-14-6-3-4-7-15(14)12-17/h3-4,6-7,10-13H,2,5,8-9H2,1H3/b19-18-. The maximum atomic E-state index is 14.7. The van der Waals surface area contributed by atoms with Gasteiger partial charge in [0.2, 0.25) is 5.83 Å². The number of hydrogen-bond donors (Lipinski definition) is 0. The molecule has 4 nitrogen and oxygen atoms in total. The molecule has 0 radical (unpaired) electrons. The van der Waals surface area contributed by atoms with E-state index in [4.69, 9.17) is 4.74 Å². The summed E-state index contributed by atoms with van der Waals surface area (Å²) in [5.74, 6) is -1.71. The lowest BCUT2D eigenvalue weighted by atomic mass is 9.92. The molecule has 0 unspecified atom stereocenters. The van der Waals surface area contributed by atoms with E-state index in [2.05, 4.69) is 5.10 Å². The predicted octanol–water partition coefficient (Wildman–Crippen LogP) is 4.61. The average Bonchev–Trinajstić information content (AvgIpc) is 3.11. The molecule has 0 fully saturated rings. The largest absolute Gasteiger partial charge is 0.461 e. The number of carbonyl (C=O) groups is 1. The summed E-state index contributed by atoms with van der Waals surface area (Å²) in [6.07, 6.45) is 3.88. The summed E-state index contributed by atoms with van der Waals surface area (Å²) in [7, 11) is 0. The van der Waals surface area contributed by atoms with Gasteiger partial charge in [-0.25, -0.2) is 9.48 Å². The Morgan fingerprint density at radius 2 is 2.00 bits per heavy atom. The third kappa shape index (κ3) is 2.79. The molecule has 0 saturated heterocycles. The van der Waals surface area contributed by atoms with Crippen molar-refractivity contribution in [1.29, 1.82) is 0 Å². The van der Waals surface area contributed by atoms with Crippen molar-refractivity contribution in [3.8, 4) is 5.69 Å². The zero-order valence-corrected chi connectivity index (χ0v) is 14.5. The number of nitrogens with zero attached hydrogens (tertiary/aromatic N) is 2. The molecule has 5 heteroatoms. The molecule has 1 heterocycles. The first-order valence-corrected chi connectivity index (χ1v) is 8.81. The van der Waals surface area contributed by atoms with E-state index < -0.39 is 11.8 Å². The first-order valence-electron chi connectivity index (χ1n) is 8.81. The molecule has 0 atom stereocenters. The first-order chi connectivity index (χ1) is 12.7. The second-order valence-corrected chi connectivity index (χ2v) is 6.33. The maximum absolute atomic E-state index is 14.7. The number of carbonyl (C=O) groups excluding carboxylic acids is 1. The quantitative estimate of drug-likeness (QED) is 0.512. The second-order valence-electron chi connectivity index (χ2n) is 6.33. The van der Waals surface area contributed by atoms with Gasteiger partial charge in [0.05, 0.1) is 24.2 Å². The van der Waals surface area contributed by atoms with Crippen LogP contribution in [0, 0.1) is 0 Å². The molecule has 132 valence electrons. The highest BCUT2D eigenvalue weighted by molar-refractivity contribution is 5.96. The molecule has 1 aromatic heterocycles. The number of esters is 1. The highest BCUT2D eigenvalue weighted by Crippen LogP contribution is 2.35. The summed E-state index contributed by atoms with van der Waals surface area (Å²) in [4.78, 5) is 11.9. The Kier molecular flexibility index (Phi) is 4.29. The van der Waals surface area contributed by atoms with E-state index in [0.717, 1.165) is 34.9 Å². The molecule has 0 saturated carbocycles. The molecule has 0 aliphatic heterocycles. The Morgan fingerprint density at radius 1 is 1.19 bits per heavy atom. The van der Waals surface area contributed by atoms with Crippen molar-refractivity contribution in [2.45, 2.75) is 26.2 Å². The topological polar surface area (TPSA) is 44.1 Å². The molecule has 4 rings (SSSR count). The normalized spacial score (nSPS) is 15.6. The molecule has 26 heavy (non-hydrogen) atoms. The van der Waals surface area contributed by atoms with Crippen LogP contribution in [0.4, 0.5) is 4.39 Å². The minimum Gasteiger partial charge on any atom is -0.461 e. The number of benzene rings is 2. The average molecular weight is 350 g/mol. The van der Waals surface area contributed by atoms with E-state index in [1.807, 2.05) is 42.5 Å². The molecule has 1 aliphatic rings. The smallest absolute Gasteiger partial charge is 0.367 e. The lowest BCUT2D eigenvalue weighted by Gasteiger charge is -2.18. The van der Waals surface area contributed by atoms with Crippen LogP contribution < -0.4 is 0 Å². The van der Waals surface area contributed by atoms with Crippen LogP contribution in [-0.4, -0.2) is 22.4 Å². The Hall–Kier alpha value is -2.95. The van der Waals surface area contributed by atoms with Crippen molar-refractivity contribution in [1.82, 2.24) is 9.78 Å². The number of aryl methyl sites for hydroxylation is 1. The van der Waals surface area contributed by atoms with Crippen LogP contribution in [0.5, 0.6) is 0 Å².